The van der Waals surface area contributed by atoms with Gasteiger partial charge in [0.25, 0.3) is 0 Å². The van der Waals surface area contributed by atoms with Gasteiger partial charge in [-0.3, -0.25) is 4.90 Å². The van der Waals surface area contributed by atoms with Crippen molar-refractivity contribution in [3.05, 3.63) is 0 Å². The SMILES string of the molecule is CC1CC2(CN1C)OCCCS2. The fourth-order valence-corrected chi connectivity index (χ4v) is 3.49. The average Bonchev–Trinajstić information content (AvgIpc) is 2.29. The molecular formula is C9H17NOS. The lowest BCUT2D eigenvalue weighted by Gasteiger charge is -2.32. The third kappa shape index (κ3) is 1.50. The summed E-state index contributed by atoms with van der Waals surface area (Å²) < 4.78 is 5.89. The molecule has 2 aliphatic rings. The van der Waals surface area contributed by atoms with Gasteiger partial charge in [0, 0.05) is 25.6 Å². The molecule has 0 aromatic heterocycles. The van der Waals surface area contributed by atoms with E-state index in [0.717, 1.165) is 13.2 Å². The van der Waals surface area contributed by atoms with Gasteiger partial charge in [0.2, 0.25) is 0 Å². The second-order valence-corrected chi connectivity index (χ2v) is 5.37. The van der Waals surface area contributed by atoms with Crippen LogP contribution < -0.4 is 0 Å². The lowest BCUT2D eigenvalue weighted by molar-refractivity contribution is 0.0274. The first-order chi connectivity index (χ1) is 5.72. The van der Waals surface area contributed by atoms with Crippen LogP contribution in [0.1, 0.15) is 19.8 Å². The van der Waals surface area contributed by atoms with Crippen molar-refractivity contribution in [2.75, 3.05) is 26.0 Å². The van der Waals surface area contributed by atoms with Gasteiger partial charge in [-0.25, -0.2) is 0 Å². The predicted molar refractivity (Wildman–Crippen MR) is 52.5 cm³/mol. The molecule has 12 heavy (non-hydrogen) atoms. The number of ether oxygens (including phenoxy) is 1. The maximum atomic E-state index is 5.89. The molecule has 0 radical (unpaired) electrons. The Morgan fingerprint density at radius 2 is 2.42 bits per heavy atom. The molecule has 3 heteroatoms. The molecule has 1 spiro atoms. The summed E-state index contributed by atoms with van der Waals surface area (Å²) in [6.07, 6.45) is 2.43. The van der Waals surface area contributed by atoms with Gasteiger partial charge in [-0.2, -0.15) is 0 Å². The van der Waals surface area contributed by atoms with Gasteiger partial charge in [-0.05, 0) is 26.1 Å². The standard InChI is InChI=1S/C9H17NOS/c1-8-6-9(7-10(8)2)11-4-3-5-12-9/h8H,3-7H2,1-2H3. The van der Waals surface area contributed by atoms with Crippen molar-refractivity contribution in [2.24, 2.45) is 0 Å². The molecule has 2 unspecified atom stereocenters. The summed E-state index contributed by atoms with van der Waals surface area (Å²) in [5, 5.41) is 0. The highest BCUT2D eigenvalue weighted by Crippen LogP contribution is 2.41. The number of thioether (sulfide) groups is 1. The second-order valence-electron chi connectivity index (χ2n) is 3.93. The van der Waals surface area contributed by atoms with Crippen LogP contribution in [0.2, 0.25) is 0 Å². The third-order valence-corrected chi connectivity index (χ3v) is 4.30. The Morgan fingerprint density at radius 3 is 2.92 bits per heavy atom. The molecule has 2 atom stereocenters. The summed E-state index contributed by atoms with van der Waals surface area (Å²) in [5.41, 5.74) is 0. The summed E-state index contributed by atoms with van der Waals surface area (Å²) in [6, 6.07) is 0.690. The Hall–Kier alpha value is 0.270. The van der Waals surface area contributed by atoms with Crippen LogP contribution in [-0.4, -0.2) is 41.8 Å². The van der Waals surface area contributed by atoms with Crippen molar-refractivity contribution in [1.29, 1.82) is 0 Å². The molecule has 0 bridgehead atoms. The first-order valence-electron chi connectivity index (χ1n) is 4.70. The zero-order valence-corrected chi connectivity index (χ0v) is 8.69. The Kier molecular flexibility index (Phi) is 2.36. The van der Waals surface area contributed by atoms with Crippen LogP contribution in [0, 0.1) is 0 Å². The molecular weight excluding hydrogens is 170 g/mol. The summed E-state index contributed by atoms with van der Waals surface area (Å²) in [6.45, 7) is 4.36. The minimum atomic E-state index is 0.159. The number of hydrogen-bond donors (Lipinski definition) is 0. The normalized spacial score (nSPS) is 44.0. The zero-order valence-electron chi connectivity index (χ0n) is 7.88. The smallest absolute Gasteiger partial charge is 0.127 e. The Labute approximate surface area is 78.6 Å². The number of nitrogens with zero attached hydrogens (tertiary/aromatic N) is 1. The maximum Gasteiger partial charge on any atom is 0.127 e. The third-order valence-electron chi connectivity index (χ3n) is 2.87. The van der Waals surface area contributed by atoms with Gasteiger partial charge in [0.05, 0.1) is 0 Å². The minimum absolute atomic E-state index is 0.159. The summed E-state index contributed by atoms with van der Waals surface area (Å²) in [7, 11) is 2.19. The van der Waals surface area contributed by atoms with Crippen molar-refractivity contribution in [1.82, 2.24) is 4.90 Å². The fraction of sp³-hybridized carbons (Fsp3) is 1.00. The van der Waals surface area contributed by atoms with Crippen molar-refractivity contribution < 1.29 is 4.74 Å². The van der Waals surface area contributed by atoms with Crippen LogP contribution in [-0.2, 0) is 4.74 Å². The molecule has 0 aromatic carbocycles. The van der Waals surface area contributed by atoms with E-state index >= 15 is 0 Å². The quantitative estimate of drug-likeness (QED) is 0.571. The van der Waals surface area contributed by atoms with Crippen LogP contribution >= 0.6 is 11.8 Å². The van der Waals surface area contributed by atoms with Crippen molar-refractivity contribution in [3.8, 4) is 0 Å². The fourth-order valence-electron chi connectivity index (χ4n) is 2.03. The molecule has 2 heterocycles. The Morgan fingerprint density at radius 1 is 1.58 bits per heavy atom. The van der Waals surface area contributed by atoms with E-state index in [0.29, 0.717) is 6.04 Å². The van der Waals surface area contributed by atoms with E-state index in [-0.39, 0.29) is 4.93 Å². The molecule has 0 aromatic rings. The van der Waals surface area contributed by atoms with Gasteiger partial charge >= 0.3 is 0 Å². The summed E-state index contributed by atoms with van der Waals surface area (Å²) >= 11 is 2.02. The molecule has 2 saturated heterocycles. The van der Waals surface area contributed by atoms with E-state index < -0.39 is 0 Å². The first-order valence-corrected chi connectivity index (χ1v) is 5.69. The van der Waals surface area contributed by atoms with E-state index in [1.807, 2.05) is 11.8 Å². The van der Waals surface area contributed by atoms with E-state index in [9.17, 15) is 0 Å². The Balaban J connectivity index is 2.02. The van der Waals surface area contributed by atoms with E-state index in [2.05, 4.69) is 18.9 Å². The molecule has 70 valence electrons. The molecule has 0 amide bonds. The van der Waals surface area contributed by atoms with E-state index in [4.69, 9.17) is 4.74 Å². The molecule has 0 saturated carbocycles. The van der Waals surface area contributed by atoms with Gasteiger partial charge < -0.3 is 4.74 Å². The van der Waals surface area contributed by atoms with Gasteiger partial charge in [-0.1, -0.05) is 0 Å². The van der Waals surface area contributed by atoms with Crippen LogP contribution in [0.3, 0.4) is 0 Å². The highest BCUT2D eigenvalue weighted by molar-refractivity contribution is 8.00. The monoisotopic (exact) mass is 187 g/mol. The van der Waals surface area contributed by atoms with Crippen molar-refractivity contribution in [3.63, 3.8) is 0 Å². The van der Waals surface area contributed by atoms with Crippen LogP contribution in [0.5, 0.6) is 0 Å². The van der Waals surface area contributed by atoms with Crippen LogP contribution in [0.15, 0.2) is 0 Å². The molecule has 2 rings (SSSR count). The lowest BCUT2D eigenvalue weighted by Crippen LogP contribution is -2.35. The second kappa shape index (κ2) is 3.20. The zero-order chi connectivity index (χ0) is 8.60. The molecule has 2 nitrogen and oxygen atoms in total. The van der Waals surface area contributed by atoms with Gasteiger partial charge in [0.1, 0.15) is 4.93 Å². The molecule has 2 fully saturated rings. The minimum Gasteiger partial charge on any atom is -0.363 e. The largest absolute Gasteiger partial charge is 0.363 e. The predicted octanol–water partition coefficient (Wildman–Crippen LogP) is 1.56. The summed E-state index contributed by atoms with van der Waals surface area (Å²) in [4.78, 5) is 2.56. The van der Waals surface area contributed by atoms with Gasteiger partial charge in [0.15, 0.2) is 0 Å². The Bertz CT molecular complexity index is 156. The average molecular weight is 187 g/mol. The highest BCUT2D eigenvalue weighted by atomic mass is 32.2. The molecule has 0 aliphatic carbocycles. The number of likely N-dealkylation sites (tertiary alicyclic amines) is 1. The van der Waals surface area contributed by atoms with Crippen LogP contribution in [0.25, 0.3) is 0 Å². The summed E-state index contributed by atoms with van der Waals surface area (Å²) in [5.74, 6) is 1.28. The molecule has 2 aliphatic heterocycles. The lowest BCUT2D eigenvalue weighted by atomic mass is 10.2. The van der Waals surface area contributed by atoms with E-state index in [1.165, 1.54) is 18.6 Å². The van der Waals surface area contributed by atoms with Crippen molar-refractivity contribution in [2.45, 2.75) is 30.7 Å². The number of likely N-dealkylation sites (N-methyl/N-ethyl adjacent to an activating group) is 1. The number of hydrogen-bond acceptors (Lipinski definition) is 3. The highest BCUT2D eigenvalue weighted by Gasteiger charge is 2.43. The van der Waals surface area contributed by atoms with Gasteiger partial charge in [-0.15, -0.1) is 11.8 Å². The topological polar surface area (TPSA) is 12.5 Å². The number of rotatable bonds is 0. The maximum absolute atomic E-state index is 5.89. The first kappa shape index (κ1) is 8.85. The van der Waals surface area contributed by atoms with Crippen molar-refractivity contribution >= 4 is 11.8 Å². The van der Waals surface area contributed by atoms with E-state index in [1.54, 1.807) is 0 Å². The van der Waals surface area contributed by atoms with Crippen LogP contribution in [0.4, 0.5) is 0 Å². The molecule has 0 N–H and O–H groups in total.